The maximum Gasteiger partial charge on any atom is 0.0352 e. The second-order valence-electron chi connectivity index (χ2n) is 5.61. The first-order chi connectivity index (χ1) is 7.55. The van der Waals surface area contributed by atoms with Gasteiger partial charge in [0, 0.05) is 15.3 Å². The standard InChI is InChI=1S/C14H20IN/c1-14(2)8-4-7-13(10-14)16-12-6-3-5-11(15)9-12/h3,5-6,9,13,16H,4,7-8,10H2,1-2H3. The molecule has 1 aliphatic rings. The van der Waals surface area contributed by atoms with E-state index in [1.165, 1.54) is 34.9 Å². The van der Waals surface area contributed by atoms with Gasteiger partial charge in [-0.25, -0.2) is 0 Å². The number of rotatable bonds is 2. The van der Waals surface area contributed by atoms with Gasteiger partial charge in [-0.05, 0) is 65.5 Å². The molecule has 0 spiro atoms. The Morgan fingerprint density at radius 1 is 1.38 bits per heavy atom. The van der Waals surface area contributed by atoms with Crippen LogP contribution in [0.25, 0.3) is 0 Å². The number of halogens is 1. The van der Waals surface area contributed by atoms with E-state index in [0.717, 1.165) is 0 Å². The van der Waals surface area contributed by atoms with Gasteiger partial charge in [-0.2, -0.15) is 0 Å². The summed E-state index contributed by atoms with van der Waals surface area (Å²) in [5, 5.41) is 3.67. The van der Waals surface area contributed by atoms with E-state index in [-0.39, 0.29) is 0 Å². The summed E-state index contributed by atoms with van der Waals surface area (Å²) in [6, 6.07) is 9.31. The first kappa shape index (κ1) is 12.2. The van der Waals surface area contributed by atoms with Crippen molar-refractivity contribution in [1.29, 1.82) is 0 Å². The Balaban J connectivity index is 1.99. The molecular formula is C14H20IN. The van der Waals surface area contributed by atoms with Gasteiger partial charge in [0.05, 0.1) is 0 Å². The van der Waals surface area contributed by atoms with Crippen LogP contribution in [0, 0.1) is 8.99 Å². The fourth-order valence-corrected chi connectivity index (χ4v) is 3.18. The summed E-state index contributed by atoms with van der Waals surface area (Å²) in [5.74, 6) is 0. The van der Waals surface area contributed by atoms with Gasteiger partial charge >= 0.3 is 0 Å². The van der Waals surface area contributed by atoms with Gasteiger partial charge in [0.25, 0.3) is 0 Å². The van der Waals surface area contributed by atoms with Crippen LogP contribution in [-0.4, -0.2) is 6.04 Å². The zero-order chi connectivity index (χ0) is 11.6. The van der Waals surface area contributed by atoms with Crippen LogP contribution in [0.4, 0.5) is 5.69 Å². The lowest BCUT2D eigenvalue weighted by atomic mass is 9.75. The molecule has 2 rings (SSSR count). The molecule has 88 valence electrons. The minimum absolute atomic E-state index is 0.512. The fraction of sp³-hybridized carbons (Fsp3) is 0.571. The predicted octanol–water partition coefficient (Wildman–Crippen LogP) is 4.67. The minimum Gasteiger partial charge on any atom is -0.382 e. The van der Waals surface area contributed by atoms with E-state index in [0.29, 0.717) is 11.5 Å². The van der Waals surface area contributed by atoms with Gasteiger partial charge in [-0.1, -0.05) is 26.3 Å². The lowest BCUT2D eigenvalue weighted by molar-refractivity contribution is 0.229. The lowest BCUT2D eigenvalue weighted by Crippen LogP contribution is -2.31. The molecule has 2 heteroatoms. The average molecular weight is 329 g/mol. The van der Waals surface area contributed by atoms with Crippen LogP contribution in [0.5, 0.6) is 0 Å². The highest BCUT2D eigenvalue weighted by atomic mass is 127. The van der Waals surface area contributed by atoms with Crippen molar-refractivity contribution in [3.05, 3.63) is 27.8 Å². The van der Waals surface area contributed by atoms with E-state index in [4.69, 9.17) is 0 Å². The van der Waals surface area contributed by atoms with Crippen molar-refractivity contribution < 1.29 is 0 Å². The largest absolute Gasteiger partial charge is 0.382 e. The average Bonchev–Trinajstić information content (AvgIpc) is 2.15. The quantitative estimate of drug-likeness (QED) is 0.778. The highest BCUT2D eigenvalue weighted by molar-refractivity contribution is 14.1. The molecule has 1 aliphatic carbocycles. The van der Waals surface area contributed by atoms with E-state index >= 15 is 0 Å². The summed E-state index contributed by atoms with van der Waals surface area (Å²) in [5.41, 5.74) is 1.78. The van der Waals surface area contributed by atoms with Crippen LogP contribution < -0.4 is 5.32 Å². The van der Waals surface area contributed by atoms with Crippen LogP contribution in [-0.2, 0) is 0 Å². The molecule has 0 aliphatic heterocycles. The van der Waals surface area contributed by atoms with Crippen LogP contribution in [0.1, 0.15) is 39.5 Å². The van der Waals surface area contributed by atoms with E-state index in [1.807, 2.05) is 0 Å². The number of hydrogen-bond donors (Lipinski definition) is 1. The highest BCUT2D eigenvalue weighted by Crippen LogP contribution is 2.36. The molecule has 1 N–H and O–H groups in total. The van der Waals surface area contributed by atoms with E-state index in [1.54, 1.807) is 0 Å². The summed E-state index contributed by atoms with van der Waals surface area (Å²) in [6.07, 6.45) is 5.33. The zero-order valence-electron chi connectivity index (χ0n) is 10.1. The van der Waals surface area contributed by atoms with Crippen LogP contribution in [0.3, 0.4) is 0 Å². The van der Waals surface area contributed by atoms with Gasteiger partial charge in [0.1, 0.15) is 0 Å². The summed E-state index contributed by atoms with van der Waals surface area (Å²) in [6.45, 7) is 4.77. The third-order valence-electron chi connectivity index (χ3n) is 3.40. The topological polar surface area (TPSA) is 12.0 Å². The molecule has 0 heterocycles. The molecule has 0 saturated heterocycles. The number of anilines is 1. The first-order valence-electron chi connectivity index (χ1n) is 6.07. The molecule has 0 bridgehead atoms. The smallest absolute Gasteiger partial charge is 0.0352 e. The summed E-state index contributed by atoms with van der Waals surface area (Å²) < 4.78 is 1.30. The first-order valence-corrected chi connectivity index (χ1v) is 7.15. The molecule has 0 aromatic heterocycles. The van der Waals surface area contributed by atoms with Crippen molar-refractivity contribution in [2.45, 2.75) is 45.6 Å². The Hall–Kier alpha value is -0.250. The summed E-state index contributed by atoms with van der Waals surface area (Å²) in [7, 11) is 0. The lowest BCUT2D eigenvalue weighted by Gasteiger charge is -2.36. The molecule has 1 nitrogen and oxygen atoms in total. The van der Waals surface area contributed by atoms with Gasteiger partial charge < -0.3 is 5.32 Å². The minimum atomic E-state index is 0.512. The molecule has 1 atom stereocenters. The van der Waals surface area contributed by atoms with E-state index in [9.17, 15) is 0 Å². The molecular weight excluding hydrogens is 309 g/mol. The molecule has 0 radical (unpaired) electrons. The Morgan fingerprint density at radius 3 is 2.88 bits per heavy atom. The molecule has 1 aromatic rings. The van der Waals surface area contributed by atoms with Crippen LogP contribution in [0.2, 0.25) is 0 Å². The molecule has 1 fully saturated rings. The second kappa shape index (κ2) is 4.94. The molecule has 1 aromatic carbocycles. The van der Waals surface area contributed by atoms with Crippen molar-refractivity contribution in [3.63, 3.8) is 0 Å². The Bertz CT molecular complexity index is 360. The van der Waals surface area contributed by atoms with Gasteiger partial charge in [-0.3, -0.25) is 0 Å². The van der Waals surface area contributed by atoms with Gasteiger partial charge in [0.2, 0.25) is 0 Å². The Labute approximate surface area is 112 Å². The number of benzene rings is 1. The van der Waals surface area contributed by atoms with E-state index in [2.05, 4.69) is 66.0 Å². The molecule has 0 amide bonds. The SMILES string of the molecule is CC1(C)CCCC(Nc2cccc(I)c2)C1. The Kier molecular flexibility index (Phi) is 3.77. The number of nitrogens with one attached hydrogen (secondary N) is 1. The zero-order valence-corrected chi connectivity index (χ0v) is 12.3. The fourth-order valence-electron chi connectivity index (χ4n) is 2.64. The summed E-state index contributed by atoms with van der Waals surface area (Å²) in [4.78, 5) is 0. The molecule has 1 saturated carbocycles. The van der Waals surface area contributed by atoms with Gasteiger partial charge in [-0.15, -0.1) is 0 Å². The van der Waals surface area contributed by atoms with E-state index < -0.39 is 0 Å². The van der Waals surface area contributed by atoms with Crippen LogP contribution in [0.15, 0.2) is 24.3 Å². The maximum atomic E-state index is 3.67. The van der Waals surface area contributed by atoms with Crippen molar-refractivity contribution >= 4 is 28.3 Å². The van der Waals surface area contributed by atoms with Crippen molar-refractivity contribution in [3.8, 4) is 0 Å². The highest BCUT2D eigenvalue weighted by Gasteiger charge is 2.27. The molecule has 1 unspecified atom stereocenters. The normalized spacial score (nSPS) is 24.1. The van der Waals surface area contributed by atoms with Gasteiger partial charge in [0.15, 0.2) is 0 Å². The third-order valence-corrected chi connectivity index (χ3v) is 4.07. The maximum absolute atomic E-state index is 3.67. The second-order valence-corrected chi connectivity index (χ2v) is 6.86. The van der Waals surface area contributed by atoms with Crippen molar-refractivity contribution in [1.82, 2.24) is 0 Å². The van der Waals surface area contributed by atoms with Crippen LogP contribution >= 0.6 is 22.6 Å². The predicted molar refractivity (Wildman–Crippen MR) is 78.8 cm³/mol. The van der Waals surface area contributed by atoms with Crippen molar-refractivity contribution in [2.75, 3.05) is 5.32 Å². The molecule has 16 heavy (non-hydrogen) atoms. The number of hydrogen-bond acceptors (Lipinski definition) is 1. The summed E-state index contributed by atoms with van der Waals surface area (Å²) >= 11 is 2.37. The Morgan fingerprint density at radius 2 is 2.19 bits per heavy atom. The monoisotopic (exact) mass is 329 g/mol. The van der Waals surface area contributed by atoms with Crippen molar-refractivity contribution in [2.24, 2.45) is 5.41 Å². The third kappa shape index (κ3) is 3.37.